The van der Waals surface area contributed by atoms with Gasteiger partial charge in [-0.1, -0.05) is 53.9 Å². The van der Waals surface area contributed by atoms with Crippen molar-refractivity contribution in [2.75, 3.05) is 0 Å². The van der Waals surface area contributed by atoms with Crippen molar-refractivity contribution in [2.45, 2.75) is 124 Å². The monoisotopic (exact) mass is 442 g/mol. The molecule has 32 heavy (non-hydrogen) atoms. The van der Waals surface area contributed by atoms with Crippen molar-refractivity contribution >= 4 is 5.78 Å². The van der Waals surface area contributed by atoms with Gasteiger partial charge in [0.1, 0.15) is 0 Å². The number of rotatable bonds is 8. The molecule has 0 heterocycles. The van der Waals surface area contributed by atoms with E-state index in [2.05, 4.69) is 34.6 Å². The predicted octanol–water partition coefficient (Wildman–Crippen LogP) is 7.74. The largest absolute Gasteiger partial charge is 0.389 e. The Kier molecular flexibility index (Phi) is 7.31. The molecule has 0 spiro atoms. The number of carbonyl (C=O) groups excluding carboxylic acids is 1. The molecular weight excluding hydrogens is 392 g/mol. The average molecular weight is 443 g/mol. The smallest absolute Gasteiger partial charge is 0.155 e. The molecule has 9 atom stereocenters. The molecule has 0 aliphatic heterocycles. The molecule has 0 aromatic heterocycles. The van der Waals surface area contributed by atoms with Gasteiger partial charge in [0.05, 0.1) is 6.10 Å². The first kappa shape index (κ1) is 24.5. The summed E-state index contributed by atoms with van der Waals surface area (Å²) in [5.41, 5.74) is 1.71. The highest BCUT2D eigenvalue weighted by Gasteiger charge is 2.62. The van der Waals surface area contributed by atoms with Gasteiger partial charge in [0.15, 0.2) is 5.78 Å². The summed E-state index contributed by atoms with van der Waals surface area (Å²) in [6.45, 7) is 12.0. The van der Waals surface area contributed by atoms with Crippen LogP contribution in [0.1, 0.15) is 118 Å². The summed E-state index contributed by atoms with van der Waals surface area (Å²) in [5, 5.41) is 11.3. The van der Waals surface area contributed by atoms with Gasteiger partial charge < -0.3 is 5.11 Å². The maximum atomic E-state index is 12.3. The molecule has 0 radical (unpaired) electrons. The second kappa shape index (κ2) is 9.55. The van der Waals surface area contributed by atoms with Crippen molar-refractivity contribution in [2.24, 2.45) is 46.3 Å². The summed E-state index contributed by atoms with van der Waals surface area (Å²) in [5.74, 6) is 4.97. The first-order valence-corrected chi connectivity index (χ1v) is 14.3. The summed E-state index contributed by atoms with van der Waals surface area (Å²) in [6, 6.07) is 0. The topological polar surface area (TPSA) is 37.3 Å². The summed E-state index contributed by atoms with van der Waals surface area (Å²) in [4.78, 5) is 12.3. The normalized spacial score (nSPS) is 43.1. The second-order valence-corrected chi connectivity index (χ2v) is 12.3. The maximum absolute atomic E-state index is 12.3. The van der Waals surface area contributed by atoms with E-state index in [1.165, 1.54) is 57.8 Å². The van der Waals surface area contributed by atoms with Gasteiger partial charge in [-0.2, -0.15) is 0 Å². The Labute approximate surface area is 198 Å². The minimum absolute atomic E-state index is 0.0922. The molecule has 0 saturated heterocycles. The van der Waals surface area contributed by atoms with E-state index >= 15 is 0 Å². The molecule has 4 aliphatic carbocycles. The van der Waals surface area contributed by atoms with Crippen molar-refractivity contribution in [1.82, 2.24) is 0 Å². The van der Waals surface area contributed by atoms with E-state index in [-0.39, 0.29) is 17.3 Å². The molecule has 0 unspecified atom stereocenters. The molecular formula is C30H50O2. The molecule has 0 bridgehead atoms. The first-order chi connectivity index (χ1) is 15.4. The summed E-state index contributed by atoms with van der Waals surface area (Å²) >= 11 is 0. The van der Waals surface area contributed by atoms with Crippen molar-refractivity contribution in [3.63, 3.8) is 0 Å². The first-order valence-electron chi connectivity index (χ1n) is 14.3. The van der Waals surface area contributed by atoms with E-state index in [4.69, 9.17) is 0 Å². The lowest BCUT2D eigenvalue weighted by atomic mass is 9.44. The molecule has 0 aromatic carbocycles. The summed E-state index contributed by atoms with van der Waals surface area (Å²) in [7, 11) is 0. The zero-order valence-corrected chi connectivity index (χ0v) is 21.7. The minimum Gasteiger partial charge on any atom is -0.389 e. The van der Waals surface area contributed by atoms with Crippen LogP contribution >= 0.6 is 0 Å². The van der Waals surface area contributed by atoms with Gasteiger partial charge in [-0.3, -0.25) is 4.79 Å². The third-order valence-corrected chi connectivity index (χ3v) is 11.6. The Balaban J connectivity index is 1.62. The predicted molar refractivity (Wildman–Crippen MR) is 133 cm³/mol. The number of fused-ring (bicyclic) bond motifs is 5. The van der Waals surface area contributed by atoms with Crippen LogP contribution in [0.4, 0.5) is 0 Å². The number of aliphatic hydroxyl groups is 1. The zero-order valence-electron chi connectivity index (χ0n) is 21.7. The fourth-order valence-corrected chi connectivity index (χ4v) is 9.69. The van der Waals surface area contributed by atoms with E-state index in [9.17, 15) is 9.90 Å². The minimum atomic E-state index is -0.389. The van der Waals surface area contributed by atoms with Crippen LogP contribution in [-0.4, -0.2) is 17.0 Å². The highest BCUT2D eigenvalue weighted by molar-refractivity contribution is 5.92. The van der Waals surface area contributed by atoms with E-state index in [0.717, 1.165) is 48.5 Å². The van der Waals surface area contributed by atoms with Gasteiger partial charge in [0.25, 0.3) is 0 Å². The fourth-order valence-electron chi connectivity index (χ4n) is 9.69. The van der Waals surface area contributed by atoms with Crippen LogP contribution in [0.25, 0.3) is 0 Å². The lowest BCUT2D eigenvalue weighted by molar-refractivity contribution is -0.122. The van der Waals surface area contributed by atoms with Gasteiger partial charge in [-0.05, 0) is 116 Å². The van der Waals surface area contributed by atoms with Crippen LogP contribution < -0.4 is 0 Å². The highest BCUT2D eigenvalue weighted by Crippen LogP contribution is 2.69. The Hall–Kier alpha value is -0.630. The van der Waals surface area contributed by atoms with Crippen LogP contribution in [0, 0.1) is 46.3 Å². The van der Waals surface area contributed by atoms with E-state index in [0.29, 0.717) is 23.7 Å². The quantitative estimate of drug-likeness (QED) is 0.417. The summed E-state index contributed by atoms with van der Waals surface area (Å²) in [6.07, 6.45) is 17.4. The SMILES string of the molecule is CC[C@@H](C)CC[C@@H](CC)[C@H]1CC[C@H]2[C@@H]3C[C@@H](O)C4=CC(=O)CC[C@]4(CC)[C@H]3CC[C@]12CC. The molecule has 182 valence electrons. The van der Waals surface area contributed by atoms with Crippen LogP contribution in [0.15, 0.2) is 11.6 Å². The highest BCUT2D eigenvalue weighted by atomic mass is 16.3. The number of ketones is 1. The molecule has 2 heteroatoms. The van der Waals surface area contributed by atoms with E-state index in [1.54, 1.807) is 0 Å². The fraction of sp³-hybridized carbons (Fsp3) is 0.900. The van der Waals surface area contributed by atoms with Crippen LogP contribution in [0.3, 0.4) is 0 Å². The third-order valence-electron chi connectivity index (χ3n) is 11.6. The maximum Gasteiger partial charge on any atom is 0.155 e. The Bertz CT molecular complexity index is 710. The molecule has 3 saturated carbocycles. The third kappa shape index (κ3) is 3.75. The van der Waals surface area contributed by atoms with Gasteiger partial charge in [0.2, 0.25) is 0 Å². The molecule has 4 rings (SSSR count). The van der Waals surface area contributed by atoms with Gasteiger partial charge in [-0.25, -0.2) is 0 Å². The molecule has 1 N–H and O–H groups in total. The van der Waals surface area contributed by atoms with Gasteiger partial charge >= 0.3 is 0 Å². The van der Waals surface area contributed by atoms with Crippen molar-refractivity contribution in [3.05, 3.63) is 11.6 Å². The second-order valence-electron chi connectivity index (χ2n) is 12.3. The summed E-state index contributed by atoms with van der Waals surface area (Å²) < 4.78 is 0. The van der Waals surface area contributed by atoms with Crippen LogP contribution in [0.5, 0.6) is 0 Å². The van der Waals surface area contributed by atoms with E-state index < -0.39 is 0 Å². The molecule has 2 nitrogen and oxygen atoms in total. The number of carbonyl (C=O) groups is 1. The van der Waals surface area contributed by atoms with Crippen molar-refractivity contribution in [3.8, 4) is 0 Å². The average Bonchev–Trinajstić information content (AvgIpc) is 3.20. The van der Waals surface area contributed by atoms with Crippen LogP contribution in [0.2, 0.25) is 0 Å². The Morgan fingerprint density at radius 1 is 1.00 bits per heavy atom. The van der Waals surface area contributed by atoms with Crippen molar-refractivity contribution < 1.29 is 9.90 Å². The molecule has 0 amide bonds. The lowest BCUT2D eigenvalue weighted by Crippen LogP contribution is -2.55. The number of hydrogen-bond donors (Lipinski definition) is 1. The molecule has 4 aliphatic rings. The standard InChI is InChI=1S/C30H50O2/c1-6-20(5)10-11-21(7-2)24-12-13-25-23-19-28(32)27-18-22(31)14-16-30(27,9-4)26(23)15-17-29(24,25)8-3/h18,20-21,23-26,28,32H,6-17,19H2,1-5H3/t20-,21-,23+,24-,25+,26+,28-,29-,30-/m1/s1. The number of hydrogen-bond acceptors (Lipinski definition) is 2. The molecule has 0 aromatic rings. The van der Waals surface area contributed by atoms with Gasteiger partial charge in [0, 0.05) is 6.42 Å². The zero-order chi connectivity index (χ0) is 23.1. The van der Waals surface area contributed by atoms with Crippen LogP contribution in [-0.2, 0) is 4.79 Å². The number of aliphatic hydroxyl groups excluding tert-OH is 1. The lowest BCUT2D eigenvalue weighted by Gasteiger charge is -2.61. The van der Waals surface area contributed by atoms with E-state index in [1.807, 2.05) is 6.08 Å². The van der Waals surface area contributed by atoms with Gasteiger partial charge in [-0.15, -0.1) is 0 Å². The van der Waals surface area contributed by atoms with Crippen molar-refractivity contribution in [1.29, 1.82) is 0 Å². The molecule has 3 fully saturated rings. The Morgan fingerprint density at radius 2 is 1.78 bits per heavy atom. The Morgan fingerprint density at radius 3 is 2.44 bits per heavy atom.